The summed E-state index contributed by atoms with van der Waals surface area (Å²) < 4.78 is 38.1. The maximum atomic E-state index is 12.7. The second-order valence-electron chi connectivity index (χ2n) is 4.85. The normalized spacial score (nSPS) is 13.0. The molecule has 0 amide bonds. The Labute approximate surface area is 121 Å². The highest BCUT2D eigenvalue weighted by molar-refractivity contribution is 5.47. The van der Waals surface area contributed by atoms with Gasteiger partial charge in [0.15, 0.2) is 0 Å². The number of halogens is 3. The predicted molar refractivity (Wildman–Crippen MR) is 75.8 cm³/mol. The zero-order valence-electron chi connectivity index (χ0n) is 11.5. The van der Waals surface area contributed by atoms with Gasteiger partial charge in [-0.2, -0.15) is 13.2 Å². The van der Waals surface area contributed by atoms with E-state index in [0.717, 1.165) is 23.4 Å². The number of hydrogen-bond donors (Lipinski definition) is 2. The van der Waals surface area contributed by atoms with E-state index in [2.05, 4.69) is 5.32 Å². The Morgan fingerprint density at radius 2 is 1.81 bits per heavy atom. The number of alkyl halides is 3. The van der Waals surface area contributed by atoms with Crippen LogP contribution >= 0.6 is 0 Å². The maximum Gasteiger partial charge on any atom is 0.416 e. The van der Waals surface area contributed by atoms with E-state index in [9.17, 15) is 13.2 Å². The van der Waals surface area contributed by atoms with Crippen molar-refractivity contribution < 1.29 is 18.3 Å². The quantitative estimate of drug-likeness (QED) is 0.877. The lowest BCUT2D eigenvalue weighted by Gasteiger charge is -2.17. The van der Waals surface area contributed by atoms with Gasteiger partial charge in [0.1, 0.15) is 0 Å². The lowest BCUT2D eigenvalue weighted by atomic mass is 10.0. The first-order valence-electron chi connectivity index (χ1n) is 6.53. The molecule has 0 aliphatic carbocycles. The fourth-order valence-electron chi connectivity index (χ4n) is 2.08. The van der Waals surface area contributed by atoms with Crippen LogP contribution in [-0.2, 0) is 12.8 Å². The van der Waals surface area contributed by atoms with Crippen molar-refractivity contribution >= 4 is 5.69 Å². The van der Waals surface area contributed by atoms with Crippen LogP contribution in [0.1, 0.15) is 29.7 Å². The van der Waals surface area contributed by atoms with Crippen molar-refractivity contribution in [2.45, 2.75) is 25.7 Å². The van der Waals surface area contributed by atoms with Crippen molar-refractivity contribution in [3.8, 4) is 0 Å². The third kappa shape index (κ3) is 3.98. The first-order chi connectivity index (χ1) is 9.90. The lowest BCUT2D eigenvalue weighted by Crippen LogP contribution is -2.10. The van der Waals surface area contributed by atoms with Crippen LogP contribution in [0.2, 0.25) is 0 Å². The summed E-state index contributed by atoms with van der Waals surface area (Å²) in [6.07, 6.45) is -4.34. The molecule has 21 heavy (non-hydrogen) atoms. The third-order valence-electron chi connectivity index (χ3n) is 3.21. The van der Waals surface area contributed by atoms with Crippen molar-refractivity contribution in [1.29, 1.82) is 0 Å². The van der Waals surface area contributed by atoms with Gasteiger partial charge in [0.05, 0.1) is 12.2 Å². The number of aliphatic hydroxyl groups excluding tert-OH is 1. The summed E-state index contributed by atoms with van der Waals surface area (Å²) in [7, 11) is 0. The smallest absolute Gasteiger partial charge is 0.392 e. The summed E-state index contributed by atoms with van der Waals surface area (Å²) in [4.78, 5) is 0. The Hall–Kier alpha value is -2.01. The Morgan fingerprint density at radius 3 is 2.48 bits per heavy atom. The molecule has 2 nitrogen and oxygen atoms in total. The van der Waals surface area contributed by atoms with Gasteiger partial charge in [0.25, 0.3) is 0 Å². The topological polar surface area (TPSA) is 32.3 Å². The summed E-state index contributed by atoms with van der Waals surface area (Å²) >= 11 is 0. The van der Waals surface area contributed by atoms with Crippen molar-refractivity contribution in [3.05, 3.63) is 65.2 Å². The number of benzene rings is 2. The molecule has 0 saturated heterocycles. The van der Waals surface area contributed by atoms with Gasteiger partial charge in [0, 0.05) is 11.7 Å². The van der Waals surface area contributed by atoms with E-state index >= 15 is 0 Å². The minimum absolute atomic E-state index is 0.0759. The molecule has 0 aliphatic heterocycles. The van der Waals surface area contributed by atoms with Gasteiger partial charge in [-0.15, -0.1) is 0 Å². The van der Waals surface area contributed by atoms with Crippen molar-refractivity contribution in [3.63, 3.8) is 0 Å². The van der Waals surface area contributed by atoms with Crippen LogP contribution in [0.15, 0.2) is 48.5 Å². The van der Waals surface area contributed by atoms with Gasteiger partial charge in [-0.05, 0) is 42.3 Å². The minimum Gasteiger partial charge on any atom is -0.392 e. The third-order valence-corrected chi connectivity index (χ3v) is 3.21. The molecule has 0 spiro atoms. The average Bonchev–Trinajstić information content (AvgIpc) is 2.46. The van der Waals surface area contributed by atoms with Crippen LogP contribution in [0.3, 0.4) is 0 Å². The Bertz CT molecular complexity index is 610. The van der Waals surface area contributed by atoms with Gasteiger partial charge in [-0.1, -0.05) is 24.3 Å². The van der Waals surface area contributed by atoms with Crippen molar-refractivity contribution in [2.75, 3.05) is 5.32 Å². The van der Waals surface area contributed by atoms with E-state index in [1.165, 1.54) is 6.07 Å². The van der Waals surface area contributed by atoms with Crippen molar-refractivity contribution in [2.24, 2.45) is 0 Å². The largest absolute Gasteiger partial charge is 0.416 e. The highest BCUT2D eigenvalue weighted by Crippen LogP contribution is 2.31. The van der Waals surface area contributed by atoms with E-state index in [-0.39, 0.29) is 12.6 Å². The summed E-state index contributed by atoms with van der Waals surface area (Å²) in [5.41, 5.74) is 1.40. The molecule has 2 aromatic rings. The molecule has 1 atom stereocenters. The van der Waals surface area contributed by atoms with Crippen LogP contribution in [0.5, 0.6) is 0 Å². The molecule has 0 aromatic heterocycles. The van der Waals surface area contributed by atoms with Crippen LogP contribution in [0.25, 0.3) is 0 Å². The second-order valence-corrected chi connectivity index (χ2v) is 4.85. The summed E-state index contributed by atoms with van der Waals surface area (Å²) in [6, 6.07) is 12.1. The molecule has 0 saturated carbocycles. The second kappa shape index (κ2) is 6.18. The molecule has 2 N–H and O–H groups in total. The molecular formula is C16H16F3NO. The number of rotatable bonds is 4. The van der Waals surface area contributed by atoms with Gasteiger partial charge >= 0.3 is 6.18 Å². The molecule has 1 unspecified atom stereocenters. The van der Waals surface area contributed by atoms with Gasteiger partial charge in [0.2, 0.25) is 0 Å². The van der Waals surface area contributed by atoms with Gasteiger partial charge < -0.3 is 10.4 Å². The molecule has 0 bridgehead atoms. The monoisotopic (exact) mass is 295 g/mol. The van der Waals surface area contributed by atoms with Crippen molar-refractivity contribution in [1.82, 2.24) is 0 Å². The molecule has 5 heteroatoms. The standard InChI is InChI=1S/C16H16F3NO/c1-11(20-15-7-2-4-12(8-15)10-21)13-5-3-6-14(9-13)16(17,18)19/h2-9,11,20-21H,10H2,1H3. The first kappa shape index (κ1) is 15.4. The Morgan fingerprint density at radius 1 is 1.10 bits per heavy atom. The fourth-order valence-corrected chi connectivity index (χ4v) is 2.08. The highest BCUT2D eigenvalue weighted by atomic mass is 19.4. The number of hydrogen-bond acceptors (Lipinski definition) is 2. The molecule has 0 heterocycles. The molecule has 112 valence electrons. The Kier molecular flexibility index (Phi) is 4.53. The van der Waals surface area contributed by atoms with Gasteiger partial charge in [-0.3, -0.25) is 0 Å². The Balaban J connectivity index is 2.18. The summed E-state index contributed by atoms with van der Waals surface area (Å²) in [5.74, 6) is 0. The molecule has 2 aromatic carbocycles. The number of nitrogens with one attached hydrogen (secondary N) is 1. The highest BCUT2D eigenvalue weighted by Gasteiger charge is 2.30. The molecule has 0 radical (unpaired) electrons. The number of aliphatic hydroxyl groups is 1. The van der Waals surface area contributed by atoms with E-state index in [4.69, 9.17) is 5.11 Å². The zero-order chi connectivity index (χ0) is 15.5. The SMILES string of the molecule is CC(Nc1cccc(CO)c1)c1cccc(C(F)(F)F)c1. The van der Waals surface area contributed by atoms with E-state index in [0.29, 0.717) is 5.56 Å². The van der Waals surface area contributed by atoms with Gasteiger partial charge in [-0.25, -0.2) is 0 Å². The summed E-state index contributed by atoms with van der Waals surface area (Å²) in [6.45, 7) is 1.72. The number of anilines is 1. The van der Waals surface area contributed by atoms with E-state index in [1.54, 1.807) is 31.2 Å². The summed E-state index contributed by atoms with van der Waals surface area (Å²) in [5, 5.41) is 12.2. The lowest BCUT2D eigenvalue weighted by molar-refractivity contribution is -0.137. The minimum atomic E-state index is -4.34. The first-order valence-corrected chi connectivity index (χ1v) is 6.53. The zero-order valence-corrected chi connectivity index (χ0v) is 11.5. The maximum absolute atomic E-state index is 12.7. The van der Waals surface area contributed by atoms with E-state index < -0.39 is 11.7 Å². The van der Waals surface area contributed by atoms with Crippen LogP contribution in [0.4, 0.5) is 18.9 Å². The molecule has 0 fully saturated rings. The average molecular weight is 295 g/mol. The molecule has 2 rings (SSSR count). The van der Waals surface area contributed by atoms with Crippen LogP contribution in [0, 0.1) is 0 Å². The molecule has 0 aliphatic rings. The van der Waals surface area contributed by atoms with Crippen LogP contribution < -0.4 is 5.32 Å². The van der Waals surface area contributed by atoms with Crippen LogP contribution in [-0.4, -0.2) is 5.11 Å². The predicted octanol–water partition coefficient (Wildman–Crippen LogP) is 4.37. The molecular weight excluding hydrogens is 279 g/mol. The fraction of sp³-hybridized carbons (Fsp3) is 0.250. The van der Waals surface area contributed by atoms with E-state index in [1.807, 2.05) is 6.07 Å².